The van der Waals surface area contributed by atoms with Gasteiger partial charge in [-0.3, -0.25) is 9.36 Å². The average Bonchev–Trinajstić information content (AvgIpc) is 3.20. The maximum Gasteiger partial charge on any atom is 0.488 e. The fourth-order valence-electron chi connectivity index (χ4n) is 2.87. The van der Waals surface area contributed by atoms with Crippen LogP contribution in [-0.2, 0) is 43.3 Å². The Bertz CT molecular complexity index is 1230. The number of imidazole rings is 1. The number of aromatic nitrogens is 4. The van der Waals surface area contributed by atoms with E-state index in [1.54, 1.807) is 0 Å². The molecule has 1 saturated heterocycles. The molecular weight excluding hydrogens is 533 g/mol. The highest BCUT2D eigenvalue weighted by molar-refractivity contribution is 8.09. The van der Waals surface area contributed by atoms with Crippen LogP contribution in [0.3, 0.4) is 0 Å². The molecule has 3 unspecified atom stereocenters. The second-order valence-corrected chi connectivity index (χ2v) is 12.7. The zero-order chi connectivity index (χ0) is 24.8. The van der Waals surface area contributed by atoms with Crippen molar-refractivity contribution in [1.29, 1.82) is 0 Å². The van der Waals surface area contributed by atoms with Crippen LogP contribution in [-0.4, -0.2) is 76.4 Å². The molecule has 1 aliphatic heterocycles. The summed E-state index contributed by atoms with van der Waals surface area (Å²) in [6.45, 7) is -3.25. The number of nitrogens with zero attached hydrogens (tertiary/aromatic N) is 3. The highest BCUT2D eigenvalue weighted by atomic mass is 32.5. The van der Waals surface area contributed by atoms with E-state index < -0.39 is 59.1 Å². The monoisotopic (exact) mass is 552 g/mol. The predicted octanol–water partition coefficient (Wildman–Crippen LogP) is -0.839. The maximum absolute atomic E-state index is 12.0. The van der Waals surface area contributed by atoms with Crippen molar-refractivity contribution in [3.05, 3.63) is 22.5 Å². The minimum atomic E-state index is -5.42. The fraction of sp³-hybridized carbons (Fsp3) is 0.583. The second-order valence-electron chi connectivity index (χ2n) is 6.57. The van der Waals surface area contributed by atoms with Gasteiger partial charge in [-0.25, -0.2) is 23.4 Å². The maximum atomic E-state index is 12.0. The van der Waals surface area contributed by atoms with Gasteiger partial charge in [0.15, 0.2) is 17.4 Å². The van der Waals surface area contributed by atoms with Crippen molar-refractivity contribution in [2.75, 3.05) is 13.7 Å². The van der Waals surface area contributed by atoms with E-state index in [0.29, 0.717) is 0 Å². The Balaban J connectivity index is 1.75. The van der Waals surface area contributed by atoms with E-state index in [4.69, 9.17) is 35.4 Å². The Labute approximate surface area is 189 Å². The first-order valence-corrected chi connectivity index (χ1v) is 14.3. The molecule has 0 radical (unpaired) electrons. The summed E-state index contributed by atoms with van der Waals surface area (Å²) in [6.07, 6.45) is -4.47. The Hall–Kier alpha value is -0.940. The molecule has 2 aromatic heterocycles. The Kier molecular flexibility index (Phi) is 7.76. The van der Waals surface area contributed by atoms with Gasteiger partial charge in [0.25, 0.3) is 5.56 Å². The summed E-state index contributed by atoms with van der Waals surface area (Å²) in [4.78, 5) is 49.4. The van der Waals surface area contributed by atoms with E-state index in [1.165, 1.54) is 17.8 Å². The van der Waals surface area contributed by atoms with Gasteiger partial charge in [0, 0.05) is 7.11 Å². The smallest absolute Gasteiger partial charge is 0.387 e. The molecule has 3 rings (SSSR count). The van der Waals surface area contributed by atoms with Crippen molar-refractivity contribution in [1.82, 2.24) is 19.5 Å². The van der Waals surface area contributed by atoms with Gasteiger partial charge in [-0.15, -0.1) is 0 Å². The quantitative estimate of drug-likeness (QED) is 0.208. The van der Waals surface area contributed by atoms with Crippen LogP contribution in [0.2, 0.25) is 0 Å². The van der Waals surface area contributed by atoms with Gasteiger partial charge in [0.05, 0.1) is 12.9 Å². The van der Waals surface area contributed by atoms with Crippen molar-refractivity contribution in [2.45, 2.75) is 31.5 Å². The number of aliphatic hydroxyl groups is 2. The van der Waals surface area contributed by atoms with Gasteiger partial charge in [-0.1, -0.05) is 0 Å². The third-order valence-electron chi connectivity index (χ3n) is 4.20. The summed E-state index contributed by atoms with van der Waals surface area (Å²) < 4.78 is 47.4. The summed E-state index contributed by atoms with van der Waals surface area (Å²) in [5.41, 5.74) is -0.471. The number of nitrogens with one attached hydrogen (secondary N) is 1. The van der Waals surface area contributed by atoms with Crippen LogP contribution in [0.4, 0.5) is 0 Å². The molecule has 33 heavy (non-hydrogen) atoms. The molecule has 0 bridgehead atoms. The van der Waals surface area contributed by atoms with Crippen molar-refractivity contribution < 1.29 is 56.4 Å². The largest absolute Gasteiger partial charge is 0.488 e. The molecule has 0 saturated carbocycles. The molecule has 0 aromatic carbocycles. The van der Waals surface area contributed by atoms with Crippen LogP contribution >= 0.6 is 22.4 Å². The molecule has 17 nitrogen and oxygen atoms in total. The van der Waals surface area contributed by atoms with Crippen molar-refractivity contribution in [2.24, 2.45) is 0 Å². The van der Waals surface area contributed by atoms with E-state index >= 15 is 0 Å². The number of fused-ring (bicyclic) bond motifs is 1. The fourth-order valence-corrected chi connectivity index (χ4v) is 7.17. The minimum absolute atomic E-state index is 0.0300. The van der Waals surface area contributed by atoms with E-state index in [-0.39, 0.29) is 17.0 Å². The molecule has 0 aliphatic carbocycles. The number of rotatable bonds is 9. The van der Waals surface area contributed by atoms with E-state index in [1.807, 2.05) is 0 Å². The second kappa shape index (κ2) is 9.60. The lowest BCUT2D eigenvalue weighted by Crippen LogP contribution is -2.33. The van der Waals surface area contributed by atoms with E-state index in [0.717, 1.165) is 7.11 Å². The zero-order valence-corrected chi connectivity index (χ0v) is 20.2. The summed E-state index contributed by atoms with van der Waals surface area (Å²) >= 11 is 4.86. The molecule has 2 aromatic rings. The minimum Gasteiger partial charge on any atom is -0.387 e. The van der Waals surface area contributed by atoms with E-state index in [2.05, 4.69) is 23.6 Å². The van der Waals surface area contributed by atoms with Crippen LogP contribution in [0.15, 0.2) is 11.1 Å². The lowest BCUT2D eigenvalue weighted by atomic mass is 10.1. The van der Waals surface area contributed by atoms with Crippen LogP contribution in [0, 0.1) is 6.92 Å². The standard InChI is InChI=1S/C12H19N4O13P3S/c1-5-14-10-7(11(19)15-5)13-4-16(10)12-9(18)8(17)6(27-12)3-26-32(33,25-2)29-31(23,24)28-30(20,21)22/h4,6,8-9,12,17-18H,3H2,1-2H3,(H,23,24)(H,14,15,19)(H2,20,21,22)/t6-,8?,9+,12-,32?/m1/s1. The highest BCUT2D eigenvalue weighted by Crippen LogP contribution is 2.68. The molecule has 21 heteroatoms. The molecule has 0 amide bonds. The normalized spacial score (nSPS) is 27.5. The molecule has 3 heterocycles. The topological polar surface area (TPSA) is 245 Å². The number of aryl methyl sites for hydroxylation is 1. The lowest BCUT2D eigenvalue weighted by molar-refractivity contribution is -0.0490. The highest BCUT2D eigenvalue weighted by Gasteiger charge is 2.46. The third kappa shape index (κ3) is 6.20. The van der Waals surface area contributed by atoms with Gasteiger partial charge in [-0.2, -0.15) is 4.31 Å². The molecule has 0 spiro atoms. The predicted molar refractivity (Wildman–Crippen MR) is 110 cm³/mol. The molecule has 1 aliphatic rings. The molecule has 6 N–H and O–H groups in total. The van der Waals surface area contributed by atoms with E-state index in [9.17, 15) is 29.0 Å². The number of aromatic amines is 1. The van der Waals surface area contributed by atoms with Gasteiger partial charge < -0.3 is 43.7 Å². The number of H-pyrrole nitrogens is 1. The number of phosphoric acid groups is 2. The zero-order valence-electron chi connectivity index (χ0n) is 16.7. The van der Waals surface area contributed by atoms with Gasteiger partial charge in [-0.05, 0) is 18.7 Å². The molecule has 6 atom stereocenters. The number of aliphatic hydroxyl groups excluding tert-OH is 2. The van der Waals surface area contributed by atoms with Crippen LogP contribution < -0.4 is 5.56 Å². The Morgan fingerprint density at radius 2 is 1.91 bits per heavy atom. The summed E-state index contributed by atoms with van der Waals surface area (Å²) in [6, 6.07) is 0. The molecule has 186 valence electrons. The average molecular weight is 552 g/mol. The number of ether oxygens (including phenoxy) is 1. The lowest BCUT2D eigenvalue weighted by Gasteiger charge is -2.24. The first-order chi connectivity index (χ1) is 15.1. The first-order valence-electron chi connectivity index (χ1n) is 8.71. The van der Waals surface area contributed by atoms with Gasteiger partial charge in [0.1, 0.15) is 24.1 Å². The first kappa shape index (κ1) is 26.7. The van der Waals surface area contributed by atoms with Crippen molar-refractivity contribution >= 4 is 45.3 Å². The summed E-state index contributed by atoms with van der Waals surface area (Å²) in [5, 5.41) is 20.8. The Morgan fingerprint density at radius 1 is 1.24 bits per heavy atom. The van der Waals surface area contributed by atoms with Crippen LogP contribution in [0.25, 0.3) is 11.2 Å². The third-order valence-corrected chi connectivity index (χ3v) is 9.77. The molecular formula is C12H19N4O13P3S. The van der Waals surface area contributed by atoms with Crippen molar-refractivity contribution in [3.63, 3.8) is 0 Å². The SMILES string of the molecule is COP(=S)(OC[C@H]1O[C@@H](n2cnc3c(=O)[nH]c(C)nc32)[C@@H](O)C1O)OP(=O)(O)OP(=O)(O)O. The number of hydrogen-bond acceptors (Lipinski definition) is 13. The van der Waals surface area contributed by atoms with Crippen molar-refractivity contribution in [3.8, 4) is 0 Å². The van der Waals surface area contributed by atoms with Gasteiger partial charge >= 0.3 is 22.4 Å². The molecule has 1 fully saturated rings. The number of hydrogen-bond donors (Lipinski definition) is 6. The summed E-state index contributed by atoms with van der Waals surface area (Å²) in [5.74, 6) is 0.270. The van der Waals surface area contributed by atoms with Crippen LogP contribution in [0.1, 0.15) is 12.1 Å². The van der Waals surface area contributed by atoms with Gasteiger partial charge in [0.2, 0.25) is 0 Å². The van der Waals surface area contributed by atoms with Crippen LogP contribution in [0.5, 0.6) is 0 Å². The summed E-state index contributed by atoms with van der Waals surface area (Å²) in [7, 11) is -9.89. The Morgan fingerprint density at radius 3 is 2.52 bits per heavy atom.